The lowest BCUT2D eigenvalue weighted by Gasteiger charge is -2.20. The number of amides is 2. The third-order valence-corrected chi connectivity index (χ3v) is 2.91. The first-order valence-corrected chi connectivity index (χ1v) is 7.28. The first-order chi connectivity index (χ1) is 11.5. The van der Waals surface area contributed by atoms with Crippen molar-refractivity contribution >= 4 is 23.0 Å². The average molecular weight is 358 g/mol. The maximum Gasteiger partial charge on any atom is 0.449 e. The van der Waals surface area contributed by atoms with Crippen LogP contribution in [0.25, 0.3) is 11.0 Å². The number of hydrazine groups is 1. The summed E-state index contributed by atoms with van der Waals surface area (Å²) in [5.74, 6) is -2.05. The van der Waals surface area contributed by atoms with Crippen molar-refractivity contribution in [2.24, 2.45) is 0 Å². The lowest BCUT2D eigenvalue weighted by atomic mass is 10.2. The predicted molar refractivity (Wildman–Crippen MR) is 82.2 cm³/mol. The lowest BCUT2D eigenvalue weighted by Crippen LogP contribution is -2.45. The quantitative estimate of drug-likeness (QED) is 0.808. The Bertz CT molecular complexity index is 793. The Morgan fingerprint density at radius 2 is 1.80 bits per heavy atom. The number of hydrogen-bond acceptors (Lipinski definition) is 4. The number of hydrogen-bond donors (Lipinski definition) is 2. The first kappa shape index (κ1) is 18.6. The Labute approximate surface area is 141 Å². The topological polar surface area (TPSA) is 85.3 Å². The second-order valence-corrected chi connectivity index (χ2v) is 6.18. The highest BCUT2D eigenvalue weighted by atomic mass is 19.4. The van der Waals surface area contributed by atoms with Crippen molar-refractivity contribution in [3.05, 3.63) is 30.1 Å². The number of rotatable bonds is 2. The summed E-state index contributed by atoms with van der Waals surface area (Å²) < 4.78 is 45.0. The van der Waals surface area contributed by atoms with Gasteiger partial charge in [0.15, 0.2) is 0 Å². The van der Waals surface area contributed by atoms with Crippen LogP contribution in [0.4, 0.5) is 18.0 Å². The zero-order chi connectivity index (χ0) is 18.8. The van der Waals surface area contributed by atoms with Crippen molar-refractivity contribution in [1.82, 2.24) is 20.4 Å². The molecule has 0 saturated heterocycles. The summed E-state index contributed by atoms with van der Waals surface area (Å²) in [5.41, 5.74) is 3.48. The summed E-state index contributed by atoms with van der Waals surface area (Å²) in [6.45, 7) is 4.20. The highest BCUT2D eigenvalue weighted by Crippen LogP contribution is 2.31. The zero-order valence-corrected chi connectivity index (χ0v) is 13.8. The maximum absolute atomic E-state index is 13.1. The Morgan fingerprint density at radius 1 is 1.16 bits per heavy atom. The number of ether oxygens (including phenoxy) is 1. The van der Waals surface area contributed by atoms with E-state index in [1.807, 2.05) is 10.9 Å². The summed E-state index contributed by atoms with van der Waals surface area (Å²) in [6, 6.07) is 5.92. The summed E-state index contributed by atoms with van der Waals surface area (Å²) in [7, 11) is 0. The smallest absolute Gasteiger partial charge is 0.443 e. The number of para-hydroxylation sites is 2. The van der Waals surface area contributed by atoms with Crippen LogP contribution in [-0.2, 0) is 22.3 Å². The summed E-state index contributed by atoms with van der Waals surface area (Å²) in [4.78, 5) is 26.9. The molecule has 1 heterocycles. The highest BCUT2D eigenvalue weighted by Gasteiger charge is 2.38. The molecular formula is C15H17F3N4O3. The third-order valence-electron chi connectivity index (χ3n) is 2.91. The Balaban J connectivity index is 2.14. The fraction of sp³-hybridized carbons (Fsp3) is 0.400. The lowest BCUT2D eigenvalue weighted by molar-refractivity contribution is -0.147. The number of aromatic nitrogens is 2. The van der Waals surface area contributed by atoms with Gasteiger partial charge in [-0.3, -0.25) is 10.2 Å². The number of imidazole rings is 1. The van der Waals surface area contributed by atoms with Crippen LogP contribution in [0.2, 0.25) is 0 Å². The normalized spacial score (nSPS) is 12.1. The van der Waals surface area contributed by atoms with Crippen molar-refractivity contribution in [3.8, 4) is 0 Å². The largest absolute Gasteiger partial charge is 0.449 e. The Hall–Kier alpha value is -2.78. The van der Waals surface area contributed by atoms with Gasteiger partial charge >= 0.3 is 12.3 Å². The molecule has 7 nitrogen and oxygen atoms in total. The van der Waals surface area contributed by atoms with Crippen LogP contribution in [0.1, 0.15) is 26.6 Å². The average Bonchev–Trinajstić information content (AvgIpc) is 2.82. The fourth-order valence-electron chi connectivity index (χ4n) is 2.06. The number of nitrogens with one attached hydrogen (secondary N) is 2. The zero-order valence-electron chi connectivity index (χ0n) is 13.8. The Kier molecular flexibility index (Phi) is 4.91. The molecule has 0 radical (unpaired) electrons. The van der Waals surface area contributed by atoms with E-state index in [0.717, 1.165) is 4.57 Å². The molecule has 2 N–H and O–H groups in total. The van der Waals surface area contributed by atoms with Crippen molar-refractivity contribution in [1.29, 1.82) is 0 Å². The van der Waals surface area contributed by atoms with Gasteiger partial charge in [-0.15, -0.1) is 0 Å². The van der Waals surface area contributed by atoms with Crippen molar-refractivity contribution < 1.29 is 27.5 Å². The highest BCUT2D eigenvalue weighted by molar-refractivity contribution is 5.82. The van der Waals surface area contributed by atoms with Gasteiger partial charge in [-0.2, -0.15) is 13.2 Å². The molecule has 2 aromatic rings. The number of carbonyl (C=O) groups excluding carboxylic acids is 2. The van der Waals surface area contributed by atoms with E-state index in [2.05, 4.69) is 4.98 Å². The van der Waals surface area contributed by atoms with Crippen molar-refractivity contribution in [2.75, 3.05) is 0 Å². The van der Waals surface area contributed by atoms with E-state index in [0.29, 0.717) is 0 Å². The number of nitrogens with zero attached hydrogens (tertiary/aromatic N) is 2. The summed E-state index contributed by atoms with van der Waals surface area (Å²) in [5, 5.41) is 0. The molecule has 0 saturated carbocycles. The van der Waals surface area contributed by atoms with Crippen LogP contribution in [0.15, 0.2) is 24.3 Å². The second kappa shape index (κ2) is 6.61. The van der Waals surface area contributed by atoms with E-state index in [1.165, 1.54) is 18.2 Å². The molecule has 10 heteroatoms. The minimum absolute atomic E-state index is 0.114. The molecular weight excluding hydrogens is 341 g/mol. The molecule has 1 aromatic heterocycles. The van der Waals surface area contributed by atoms with Gasteiger partial charge in [0.25, 0.3) is 5.91 Å². The first-order valence-electron chi connectivity index (χ1n) is 7.28. The van der Waals surface area contributed by atoms with Gasteiger partial charge in [0.2, 0.25) is 5.82 Å². The molecule has 0 aliphatic rings. The van der Waals surface area contributed by atoms with Crippen LogP contribution >= 0.6 is 0 Å². The van der Waals surface area contributed by atoms with Gasteiger partial charge in [-0.1, -0.05) is 12.1 Å². The molecule has 0 bridgehead atoms. The number of carbonyl (C=O) groups is 2. The molecule has 1 aromatic carbocycles. The standard InChI is InChI=1S/C15H17F3N4O3/c1-14(2,3)25-13(24)21-20-11(23)8-22-10-7-5-4-6-9(10)19-12(22)15(16,17)18/h4-7H,8H2,1-3H3,(H,20,23)(H,21,24). The third kappa shape index (κ3) is 4.85. The SMILES string of the molecule is CC(C)(C)OC(=O)NNC(=O)Cn1c(C(F)(F)F)nc2ccccc21. The number of alkyl halides is 3. The van der Waals surface area contributed by atoms with Gasteiger partial charge < -0.3 is 9.30 Å². The van der Waals surface area contributed by atoms with E-state index in [9.17, 15) is 22.8 Å². The molecule has 0 unspecified atom stereocenters. The molecule has 0 atom stereocenters. The molecule has 2 rings (SSSR count). The number of benzene rings is 1. The molecule has 136 valence electrons. The molecule has 0 spiro atoms. The molecule has 2 amide bonds. The minimum atomic E-state index is -4.72. The number of fused-ring (bicyclic) bond motifs is 1. The van der Waals surface area contributed by atoms with Gasteiger partial charge in [0.1, 0.15) is 12.1 Å². The van der Waals surface area contributed by atoms with E-state index >= 15 is 0 Å². The Morgan fingerprint density at radius 3 is 2.40 bits per heavy atom. The van der Waals surface area contributed by atoms with Crippen LogP contribution in [0.3, 0.4) is 0 Å². The van der Waals surface area contributed by atoms with Gasteiger partial charge in [-0.25, -0.2) is 15.2 Å². The van der Waals surface area contributed by atoms with Crippen LogP contribution in [0.5, 0.6) is 0 Å². The van der Waals surface area contributed by atoms with Crippen molar-refractivity contribution in [3.63, 3.8) is 0 Å². The molecule has 0 aliphatic carbocycles. The monoisotopic (exact) mass is 358 g/mol. The minimum Gasteiger partial charge on any atom is -0.443 e. The van der Waals surface area contributed by atoms with Crippen molar-refractivity contribution in [2.45, 2.75) is 39.1 Å². The van der Waals surface area contributed by atoms with Gasteiger partial charge in [-0.05, 0) is 32.9 Å². The van der Waals surface area contributed by atoms with E-state index < -0.39 is 36.1 Å². The van der Waals surface area contributed by atoms with E-state index in [-0.39, 0.29) is 11.0 Å². The number of halogens is 3. The predicted octanol–water partition coefficient (Wildman–Crippen LogP) is 2.61. The molecule has 0 fully saturated rings. The summed E-state index contributed by atoms with van der Waals surface area (Å²) in [6.07, 6.45) is -5.65. The van der Waals surface area contributed by atoms with Gasteiger partial charge in [0, 0.05) is 0 Å². The van der Waals surface area contributed by atoms with Crippen LogP contribution in [-0.4, -0.2) is 27.2 Å². The molecule has 25 heavy (non-hydrogen) atoms. The van der Waals surface area contributed by atoms with Crippen LogP contribution in [0, 0.1) is 0 Å². The van der Waals surface area contributed by atoms with E-state index in [4.69, 9.17) is 4.74 Å². The van der Waals surface area contributed by atoms with Crippen LogP contribution < -0.4 is 10.9 Å². The molecule has 0 aliphatic heterocycles. The van der Waals surface area contributed by atoms with Gasteiger partial charge in [0.05, 0.1) is 11.0 Å². The summed E-state index contributed by atoms with van der Waals surface area (Å²) >= 11 is 0. The maximum atomic E-state index is 13.1. The fourth-order valence-corrected chi connectivity index (χ4v) is 2.06. The second-order valence-electron chi connectivity index (χ2n) is 6.18. The van der Waals surface area contributed by atoms with E-state index in [1.54, 1.807) is 26.8 Å².